The Labute approximate surface area is 137 Å². The van der Waals surface area contributed by atoms with Gasteiger partial charge in [0.25, 0.3) is 0 Å². The third kappa shape index (κ3) is 3.33. The highest BCUT2D eigenvalue weighted by molar-refractivity contribution is 7.66. The van der Waals surface area contributed by atoms with E-state index < -0.39 is 0 Å². The normalized spacial score (nSPS) is 11.0. The number of hydrogen-bond acceptors (Lipinski definition) is 2. The molecule has 0 aliphatic carbocycles. The lowest BCUT2D eigenvalue weighted by Gasteiger charge is -2.11. The number of phenolic OH excluding ortho intramolecular Hbond substituents is 1. The van der Waals surface area contributed by atoms with Crippen molar-refractivity contribution in [2.75, 3.05) is 0 Å². The van der Waals surface area contributed by atoms with Gasteiger partial charge < -0.3 is 5.11 Å². The topological polar surface area (TPSA) is 37.3 Å². The van der Waals surface area contributed by atoms with Crippen LogP contribution in [0.4, 0.5) is 0 Å². The average Bonchev–Trinajstić information content (AvgIpc) is 2.56. The molecule has 0 aliphatic heterocycles. The van der Waals surface area contributed by atoms with Gasteiger partial charge in [0.1, 0.15) is 5.75 Å². The van der Waals surface area contributed by atoms with Crippen LogP contribution in [0.2, 0.25) is 0 Å². The van der Waals surface area contributed by atoms with Crippen molar-refractivity contribution in [1.82, 2.24) is 0 Å². The summed E-state index contributed by atoms with van der Waals surface area (Å²) >= 11 is 0. The first-order chi connectivity index (χ1) is 11.2. The van der Waals surface area contributed by atoms with E-state index in [9.17, 15) is 9.90 Å². The van der Waals surface area contributed by atoms with Gasteiger partial charge in [-0.1, -0.05) is 66.7 Å². The molecular formula is C20H17O2P. The molecule has 0 aromatic heterocycles. The van der Waals surface area contributed by atoms with Crippen LogP contribution < -0.4 is 5.30 Å². The number of phenols is 1. The van der Waals surface area contributed by atoms with Crippen LogP contribution in [0.1, 0.15) is 15.9 Å². The van der Waals surface area contributed by atoms with Crippen molar-refractivity contribution in [2.24, 2.45) is 0 Å². The summed E-state index contributed by atoms with van der Waals surface area (Å²) < 4.78 is 0. The second kappa shape index (κ2) is 6.76. The summed E-state index contributed by atoms with van der Waals surface area (Å²) in [4.78, 5) is 12.7. The fourth-order valence-corrected chi connectivity index (χ4v) is 3.74. The Bertz CT molecular complexity index is 856. The van der Waals surface area contributed by atoms with Crippen LogP contribution in [-0.4, -0.2) is 10.6 Å². The van der Waals surface area contributed by atoms with Crippen LogP contribution in [0.3, 0.4) is 0 Å². The molecule has 0 spiro atoms. The van der Waals surface area contributed by atoms with Crippen LogP contribution >= 0.6 is 8.58 Å². The van der Waals surface area contributed by atoms with Crippen molar-refractivity contribution >= 4 is 19.4 Å². The summed E-state index contributed by atoms with van der Waals surface area (Å²) in [5.41, 5.74) is 3.54. The number of carbonyl (C=O) groups excluding carboxylic acids is 1. The van der Waals surface area contributed by atoms with Gasteiger partial charge in [-0.3, -0.25) is 4.79 Å². The number of benzene rings is 3. The van der Waals surface area contributed by atoms with E-state index in [-0.39, 0.29) is 19.9 Å². The zero-order valence-corrected chi connectivity index (χ0v) is 13.8. The Hall–Kier alpha value is -2.44. The molecule has 0 heterocycles. The molecule has 3 rings (SSSR count). The first-order valence-corrected chi connectivity index (χ1v) is 8.41. The Morgan fingerprint density at radius 2 is 1.43 bits per heavy atom. The molecule has 1 N–H and O–H groups in total. The van der Waals surface area contributed by atoms with Crippen LogP contribution in [0.25, 0.3) is 11.1 Å². The quantitative estimate of drug-likeness (QED) is 0.718. The maximum Gasteiger partial charge on any atom is 0.185 e. The number of rotatable bonds is 4. The molecule has 114 valence electrons. The molecule has 1 unspecified atom stereocenters. The fourth-order valence-electron chi connectivity index (χ4n) is 2.55. The fraction of sp³-hybridized carbons (Fsp3) is 0.0500. The first kappa shape index (κ1) is 15.5. The number of para-hydroxylation sites is 1. The average molecular weight is 320 g/mol. The van der Waals surface area contributed by atoms with E-state index in [4.69, 9.17) is 0 Å². The highest BCUT2D eigenvalue weighted by Gasteiger charge is 2.14. The monoisotopic (exact) mass is 320 g/mol. The van der Waals surface area contributed by atoms with Crippen LogP contribution in [0.15, 0.2) is 72.8 Å². The standard InChI is InChI=1S/C20H17O2P/c1-14-8-2-3-9-15(14)20(22)23-19-13-7-5-11-17(19)16-10-4-6-12-18(16)21/h2-13,21,23H,1H3. The van der Waals surface area contributed by atoms with Gasteiger partial charge in [-0.25, -0.2) is 0 Å². The largest absolute Gasteiger partial charge is 0.507 e. The molecule has 0 saturated heterocycles. The smallest absolute Gasteiger partial charge is 0.185 e. The Morgan fingerprint density at radius 3 is 2.17 bits per heavy atom. The third-order valence-corrected chi connectivity index (χ3v) is 4.96. The molecule has 0 bridgehead atoms. The Balaban J connectivity index is 1.98. The van der Waals surface area contributed by atoms with Gasteiger partial charge in [0.2, 0.25) is 0 Å². The van der Waals surface area contributed by atoms with Gasteiger partial charge in [-0.05, 0) is 38.0 Å². The van der Waals surface area contributed by atoms with Crippen molar-refractivity contribution < 1.29 is 9.90 Å². The van der Waals surface area contributed by atoms with Gasteiger partial charge in [-0.2, -0.15) is 0 Å². The van der Waals surface area contributed by atoms with Gasteiger partial charge in [-0.15, -0.1) is 0 Å². The molecule has 0 fully saturated rings. The zero-order chi connectivity index (χ0) is 16.2. The van der Waals surface area contributed by atoms with Gasteiger partial charge in [0.05, 0.1) is 0 Å². The molecule has 3 aromatic carbocycles. The summed E-state index contributed by atoms with van der Waals surface area (Å²) in [5, 5.41) is 11.0. The Kier molecular flexibility index (Phi) is 4.55. The molecular weight excluding hydrogens is 303 g/mol. The summed E-state index contributed by atoms with van der Waals surface area (Å²) in [6.45, 7) is 1.95. The van der Waals surface area contributed by atoms with Gasteiger partial charge in [0.15, 0.2) is 5.52 Å². The molecule has 1 atom stereocenters. The summed E-state index contributed by atoms with van der Waals surface area (Å²) in [6, 6.07) is 22.6. The van der Waals surface area contributed by atoms with E-state index in [0.29, 0.717) is 0 Å². The molecule has 0 aliphatic rings. The first-order valence-electron chi connectivity index (χ1n) is 7.41. The predicted molar refractivity (Wildman–Crippen MR) is 97.0 cm³/mol. The zero-order valence-electron chi connectivity index (χ0n) is 12.8. The van der Waals surface area contributed by atoms with Crippen molar-refractivity contribution in [1.29, 1.82) is 0 Å². The maximum atomic E-state index is 12.7. The summed E-state index contributed by atoms with van der Waals surface area (Å²) in [7, 11) is 0.0228. The number of aromatic hydroxyl groups is 1. The van der Waals surface area contributed by atoms with Crippen molar-refractivity contribution in [3.05, 3.63) is 83.9 Å². The number of hydrogen-bond donors (Lipinski definition) is 1. The molecule has 0 radical (unpaired) electrons. The second-order valence-corrected chi connectivity index (χ2v) is 6.57. The summed E-state index contributed by atoms with van der Waals surface area (Å²) in [6.07, 6.45) is 0. The van der Waals surface area contributed by atoms with E-state index in [1.54, 1.807) is 12.1 Å². The third-order valence-electron chi connectivity index (χ3n) is 3.76. The van der Waals surface area contributed by atoms with E-state index >= 15 is 0 Å². The lowest BCUT2D eigenvalue weighted by atomic mass is 10.0. The number of aryl methyl sites for hydroxylation is 1. The lowest BCUT2D eigenvalue weighted by molar-refractivity contribution is 0.108. The molecule has 3 heteroatoms. The van der Waals surface area contributed by atoms with Crippen LogP contribution in [0, 0.1) is 6.92 Å². The highest BCUT2D eigenvalue weighted by atomic mass is 31.1. The maximum absolute atomic E-state index is 12.7. The lowest BCUT2D eigenvalue weighted by Crippen LogP contribution is -2.05. The van der Waals surface area contributed by atoms with Crippen molar-refractivity contribution in [3.63, 3.8) is 0 Å². The van der Waals surface area contributed by atoms with Crippen molar-refractivity contribution in [3.8, 4) is 16.9 Å². The van der Waals surface area contributed by atoms with E-state index in [2.05, 4.69) is 0 Å². The molecule has 0 amide bonds. The van der Waals surface area contributed by atoms with E-state index in [1.165, 1.54) is 0 Å². The second-order valence-electron chi connectivity index (χ2n) is 5.33. The Morgan fingerprint density at radius 1 is 0.826 bits per heavy atom. The summed E-state index contributed by atoms with van der Waals surface area (Å²) in [5.74, 6) is 0.230. The molecule has 23 heavy (non-hydrogen) atoms. The predicted octanol–water partition coefficient (Wildman–Crippen LogP) is 4.51. The van der Waals surface area contributed by atoms with Crippen molar-refractivity contribution in [2.45, 2.75) is 6.92 Å². The minimum Gasteiger partial charge on any atom is -0.507 e. The van der Waals surface area contributed by atoms with E-state index in [0.717, 1.165) is 27.6 Å². The molecule has 0 saturated carbocycles. The molecule has 2 nitrogen and oxygen atoms in total. The van der Waals surface area contributed by atoms with Gasteiger partial charge in [0, 0.05) is 11.1 Å². The minimum absolute atomic E-state index is 0.0228. The van der Waals surface area contributed by atoms with Crippen LogP contribution in [0.5, 0.6) is 5.75 Å². The number of carbonyl (C=O) groups is 1. The minimum atomic E-state index is 0.0228. The van der Waals surface area contributed by atoms with E-state index in [1.807, 2.05) is 67.6 Å². The molecule has 3 aromatic rings. The SMILES string of the molecule is Cc1ccccc1C(=O)Pc1ccccc1-c1ccccc1O. The highest BCUT2D eigenvalue weighted by Crippen LogP contribution is 2.32. The van der Waals surface area contributed by atoms with Crippen LogP contribution in [-0.2, 0) is 0 Å². The van der Waals surface area contributed by atoms with Gasteiger partial charge >= 0.3 is 0 Å².